The average molecular weight is 371 g/mol. The van der Waals surface area contributed by atoms with E-state index in [0.717, 1.165) is 5.75 Å². The number of hydrogen-bond acceptors (Lipinski definition) is 1. The summed E-state index contributed by atoms with van der Waals surface area (Å²) in [6.45, 7) is 12.3. The first-order chi connectivity index (χ1) is 13.6. The molecule has 0 atom stereocenters. The predicted molar refractivity (Wildman–Crippen MR) is 123 cm³/mol. The lowest BCUT2D eigenvalue weighted by Gasteiger charge is -2.36. The minimum atomic E-state index is -0.338. The first kappa shape index (κ1) is 19.9. The molecule has 4 aromatic carbocycles. The number of rotatable bonds is 0. The monoisotopic (exact) mass is 370 g/mol. The standard InChI is InChI=1S/C23H18O.2C2H6/c1-23(2)19-13-11-15-7-3-5-9-17(15)21(19)22-18-10-6-4-8-16(18)12-14-20(22)24-23;2*1-2/h3-14H,1-2H3;2*1-2H3. The van der Waals surface area contributed by atoms with Crippen molar-refractivity contribution in [2.45, 2.75) is 47.1 Å². The van der Waals surface area contributed by atoms with Gasteiger partial charge in [-0.15, -0.1) is 0 Å². The quantitative estimate of drug-likeness (QED) is 0.302. The third-order valence-electron chi connectivity index (χ3n) is 5.08. The zero-order chi connectivity index (χ0) is 20.3. The van der Waals surface area contributed by atoms with Gasteiger partial charge in [-0.05, 0) is 41.5 Å². The maximum atomic E-state index is 6.40. The molecule has 1 aliphatic rings. The normalized spacial score (nSPS) is 13.2. The maximum absolute atomic E-state index is 6.40. The molecule has 0 spiro atoms. The summed E-state index contributed by atoms with van der Waals surface area (Å²) in [5.74, 6) is 0.975. The molecule has 1 aliphatic heterocycles. The molecular weight excluding hydrogens is 340 g/mol. The molecule has 1 heterocycles. The highest BCUT2D eigenvalue weighted by Crippen LogP contribution is 2.50. The van der Waals surface area contributed by atoms with E-state index in [4.69, 9.17) is 4.74 Å². The van der Waals surface area contributed by atoms with E-state index in [2.05, 4.69) is 86.6 Å². The molecule has 144 valence electrons. The van der Waals surface area contributed by atoms with Crippen LogP contribution in [-0.2, 0) is 5.60 Å². The number of hydrogen-bond donors (Lipinski definition) is 0. The Bertz CT molecular complexity index is 1110. The second-order valence-corrected chi connectivity index (χ2v) is 6.98. The van der Waals surface area contributed by atoms with Gasteiger partial charge in [-0.3, -0.25) is 0 Å². The largest absolute Gasteiger partial charge is 0.482 e. The van der Waals surface area contributed by atoms with E-state index in [9.17, 15) is 0 Å². The molecule has 0 saturated heterocycles. The second kappa shape index (κ2) is 8.06. The fourth-order valence-electron chi connectivity index (χ4n) is 3.97. The topological polar surface area (TPSA) is 9.23 Å². The van der Waals surface area contributed by atoms with Crippen LogP contribution in [0.15, 0.2) is 72.8 Å². The lowest BCUT2D eigenvalue weighted by molar-refractivity contribution is 0.106. The zero-order valence-corrected chi connectivity index (χ0v) is 17.8. The molecular formula is C27H30O. The van der Waals surface area contributed by atoms with E-state index >= 15 is 0 Å². The summed E-state index contributed by atoms with van der Waals surface area (Å²) in [5.41, 5.74) is 3.45. The Morgan fingerprint density at radius 3 is 1.68 bits per heavy atom. The van der Waals surface area contributed by atoms with Crippen LogP contribution in [0.3, 0.4) is 0 Å². The van der Waals surface area contributed by atoms with Crippen molar-refractivity contribution in [2.75, 3.05) is 0 Å². The Kier molecular flexibility index (Phi) is 5.74. The van der Waals surface area contributed by atoms with Gasteiger partial charge in [-0.1, -0.05) is 94.4 Å². The Morgan fingerprint density at radius 1 is 0.571 bits per heavy atom. The Labute approximate surface area is 169 Å². The minimum Gasteiger partial charge on any atom is -0.482 e. The molecule has 28 heavy (non-hydrogen) atoms. The molecule has 0 bridgehead atoms. The van der Waals surface area contributed by atoms with Gasteiger partial charge in [0, 0.05) is 16.7 Å². The molecule has 0 amide bonds. The highest BCUT2D eigenvalue weighted by Gasteiger charge is 2.34. The van der Waals surface area contributed by atoms with E-state index < -0.39 is 0 Å². The van der Waals surface area contributed by atoms with Crippen molar-refractivity contribution in [3.63, 3.8) is 0 Å². The van der Waals surface area contributed by atoms with E-state index in [1.165, 1.54) is 38.2 Å². The Balaban J connectivity index is 0.000000531. The summed E-state index contributed by atoms with van der Waals surface area (Å²) in [7, 11) is 0. The van der Waals surface area contributed by atoms with E-state index in [-0.39, 0.29) is 5.60 Å². The van der Waals surface area contributed by atoms with Crippen LogP contribution in [-0.4, -0.2) is 0 Å². The van der Waals surface area contributed by atoms with Gasteiger partial charge in [0.05, 0.1) is 0 Å². The number of benzene rings is 4. The fraction of sp³-hybridized carbons (Fsp3) is 0.259. The van der Waals surface area contributed by atoms with Gasteiger partial charge in [0.2, 0.25) is 0 Å². The smallest absolute Gasteiger partial charge is 0.129 e. The van der Waals surface area contributed by atoms with Crippen molar-refractivity contribution in [1.29, 1.82) is 0 Å². The molecule has 4 aromatic rings. The molecule has 0 fully saturated rings. The Hall–Kier alpha value is -2.80. The summed E-state index contributed by atoms with van der Waals surface area (Å²) < 4.78 is 6.40. The highest BCUT2D eigenvalue weighted by molar-refractivity contribution is 6.09. The van der Waals surface area contributed by atoms with Crippen molar-refractivity contribution in [2.24, 2.45) is 0 Å². The van der Waals surface area contributed by atoms with Crippen LogP contribution in [0, 0.1) is 0 Å². The van der Waals surface area contributed by atoms with Gasteiger partial charge < -0.3 is 4.74 Å². The van der Waals surface area contributed by atoms with E-state index in [1.54, 1.807) is 0 Å². The molecule has 0 unspecified atom stereocenters. The van der Waals surface area contributed by atoms with Crippen LogP contribution in [0.25, 0.3) is 32.7 Å². The number of ether oxygens (including phenoxy) is 1. The molecule has 1 heteroatoms. The van der Waals surface area contributed by atoms with Crippen LogP contribution in [0.1, 0.15) is 47.1 Å². The van der Waals surface area contributed by atoms with E-state index in [1.807, 2.05) is 27.7 Å². The summed E-state index contributed by atoms with van der Waals surface area (Å²) in [4.78, 5) is 0. The number of fused-ring (bicyclic) bond motifs is 7. The lowest BCUT2D eigenvalue weighted by Crippen LogP contribution is -2.29. The molecule has 0 N–H and O–H groups in total. The molecule has 0 aromatic heterocycles. The average Bonchev–Trinajstić information content (AvgIpc) is 2.75. The van der Waals surface area contributed by atoms with Crippen molar-refractivity contribution < 1.29 is 4.74 Å². The molecule has 5 rings (SSSR count). The second-order valence-electron chi connectivity index (χ2n) is 6.98. The van der Waals surface area contributed by atoms with Gasteiger partial charge in [0.25, 0.3) is 0 Å². The predicted octanol–water partition coefficient (Wildman–Crippen LogP) is 8.34. The first-order valence-electron chi connectivity index (χ1n) is 10.4. The summed E-state index contributed by atoms with van der Waals surface area (Å²) in [6.07, 6.45) is 0. The van der Waals surface area contributed by atoms with Crippen LogP contribution in [0.4, 0.5) is 0 Å². The van der Waals surface area contributed by atoms with Crippen molar-refractivity contribution >= 4 is 21.5 Å². The van der Waals surface area contributed by atoms with Crippen LogP contribution >= 0.6 is 0 Å². The lowest BCUT2D eigenvalue weighted by atomic mass is 9.81. The van der Waals surface area contributed by atoms with Crippen LogP contribution in [0.2, 0.25) is 0 Å². The van der Waals surface area contributed by atoms with Gasteiger partial charge in [0.15, 0.2) is 0 Å². The van der Waals surface area contributed by atoms with Crippen molar-refractivity contribution in [3.8, 4) is 16.9 Å². The summed E-state index contributed by atoms with van der Waals surface area (Å²) >= 11 is 0. The third kappa shape index (κ3) is 3.16. The van der Waals surface area contributed by atoms with Crippen LogP contribution in [0.5, 0.6) is 5.75 Å². The first-order valence-corrected chi connectivity index (χ1v) is 10.4. The van der Waals surface area contributed by atoms with Gasteiger partial charge in [0.1, 0.15) is 11.4 Å². The molecule has 0 aliphatic carbocycles. The van der Waals surface area contributed by atoms with Crippen molar-refractivity contribution in [3.05, 3.63) is 78.4 Å². The van der Waals surface area contributed by atoms with Gasteiger partial charge in [-0.25, -0.2) is 0 Å². The fourth-order valence-corrected chi connectivity index (χ4v) is 3.97. The SMILES string of the molecule is CC.CC.CC1(C)Oc2ccc3ccccc3c2-c2c1ccc1ccccc21. The summed E-state index contributed by atoms with van der Waals surface area (Å²) in [5, 5.41) is 5.07. The summed E-state index contributed by atoms with van der Waals surface area (Å²) in [6, 6.07) is 25.9. The zero-order valence-electron chi connectivity index (χ0n) is 17.8. The highest BCUT2D eigenvalue weighted by atomic mass is 16.5. The Morgan fingerprint density at radius 2 is 1.07 bits per heavy atom. The minimum absolute atomic E-state index is 0.338. The van der Waals surface area contributed by atoms with E-state index in [0.29, 0.717) is 0 Å². The van der Waals surface area contributed by atoms with Crippen molar-refractivity contribution in [1.82, 2.24) is 0 Å². The molecule has 0 radical (unpaired) electrons. The van der Waals surface area contributed by atoms with Crippen LogP contribution < -0.4 is 4.74 Å². The maximum Gasteiger partial charge on any atom is 0.129 e. The molecule has 1 nitrogen and oxygen atoms in total. The van der Waals surface area contributed by atoms with Gasteiger partial charge >= 0.3 is 0 Å². The third-order valence-corrected chi connectivity index (χ3v) is 5.08. The van der Waals surface area contributed by atoms with Gasteiger partial charge in [-0.2, -0.15) is 0 Å². The molecule has 0 saturated carbocycles.